The molecule has 178 valence electrons. The molecule has 5 rings (SSSR count). The topological polar surface area (TPSA) is 93.9 Å². The van der Waals surface area contributed by atoms with E-state index in [9.17, 15) is 14.7 Å². The number of aromatic nitrogens is 2. The van der Waals surface area contributed by atoms with Gasteiger partial charge in [0.25, 0.3) is 0 Å². The number of hydrogen-bond donors (Lipinski definition) is 1. The number of amides is 1. The van der Waals surface area contributed by atoms with Gasteiger partial charge in [-0.3, -0.25) is 4.79 Å². The Balaban J connectivity index is 1.62. The quantitative estimate of drug-likeness (QED) is 0.616. The molecule has 0 radical (unpaired) electrons. The predicted molar refractivity (Wildman–Crippen MR) is 126 cm³/mol. The van der Waals surface area contributed by atoms with Gasteiger partial charge in [0.1, 0.15) is 5.82 Å². The lowest BCUT2D eigenvalue weighted by Crippen LogP contribution is -2.35. The number of carboxylic acid groups (broad SMARTS) is 1. The third-order valence-corrected chi connectivity index (χ3v) is 6.98. The van der Waals surface area contributed by atoms with Crippen LogP contribution in [0.3, 0.4) is 0 Å². The van der Waals surface area contributed by atoms with Crippen LogP contribution < -0.4 is 0 Å². The Morgan fingerprint density at radius 2 is 2.06 bits per heavy atom. The fraction of sp³-hybridized carbons (Fsp3) is 0.423. The van der Waals surface area contributed by atoms with Crippen molar-refractivity contribution >= 4 is 23.1 Å². The van der Waals surface area contributed by atoms with Crippen molar-refractivity contribution in [3.05, 3.63) is 65.0 Å². The number of aliphatic carboxylic acids is 1. The Bertz CT molecular complexity index is 1200. The van der Waals surface area contributed by atoms with E-state index >= 15 is 0 Å². The SMILES string of the molecule is COC(=O)N1CCc2ccc3c(nc([C@H]4CCCOC4)n3C[C@H](C(=O)O)c3ccccc3)c2C1. The van der Waals surface area contributed by atoms with E-state index in [0.717, 1.165) is 53.9 Å². The summed E-state index contributed by atoms with van der Waals surface area (Å²) in [4.78, 5) is 31.3. The third kappa shape index (κ3) is 4.14. The van der Waals surface area contributed by atoms with Gasteiger partial charge in [-0.2, -0.15) is 0 Å². The highest BCUT2D eigenvalue weighted by atomic mass is 16.5. The van der Waals surface area contributed by atoms with Crippen LogP contribution in [0.25, 0.3) is 11.0 Å². The predicted octanol–water partition coefficient (Wildman–Crippen LogP) is 3.92. The molecule has 3 aromatic rings. The molecule has 0 saturated carbocycles. The van der Waals surface area contributed by atoms with Crippen LogP contribution in [0.15, 0.2) is 42.5 Å². The summed E-state index contributed by atoms with van der Waals surface area (Å²) in [6.07, 6.45) is 2.28. The molecule has 3 heterocycles. The van der Waals surface area contributed by atoms with Crippen molar-refractivity contribution in [3.8, 4) is 0 Å². The average molecular weight is 464 g/mol. The van der Waals surface area contributed by atoms with Crippen LogP contribution in [0.5, 0.6) is 0 Å². The molecule has 2 atom stereocenters. The van der Waals surface area contributed by atoms with Crippen molar-refractivity contribution in [3.63, 3.8) is 0 Å². The average Bonchev–Trinajstić information content (AvgIpc) is 3.26. The first-order valence-corrected chi connectivity index (χ1v) is 11.8. The van der Waals surface area contributed by atoms with Crippen LogP contribution in [0.1, 0.15) is 47.2 Å². The molecular weight excluding hydrogens is 434 g/mol. The molecule has 1 saturated heterocycles. The van der Waals surface area contributed by atoms with E-state index in [2.05, 4.69) is 10.6 Å². The summed E-state index contributed by atoms with van der Waals surface area (Å²) >= 11 is 0. The molecule has 2 aliphatic heterocycles. The number of carbonyl (C=O) groups excluding carboxylic acids is 1. The van der Waals surface area contributed by atoms with Crippen molar-refractivity contribution in [2.45, 2.75) is 44.2 Å². The van der Waals surface area contributed by atoms with Crippen LogP contribution in [-0.4, -0.2) is 58.5 Å². The van der Waals surface area contributed by atoms with Crippen LogP contribution in [0.4, 0.5) is 4.79 Å². The second kappa shape index (κ2) is 9.46. The monoisotopic (exact) mass is 463 g/mol. The van der Waals surface area contributed by atoms with E-state index in [-0.39, 0.29) is 18.6 Å². The van der Waals surface area contributed by atoms with E-state index in [1.54, 1.807) is 4.90 Å². The van der Waals surface area contributed by atoms with Gasteiger partial charge in [-0.15, -0.1) is 0 Å². The Morgan fingerprint density at radius 1 is 1.24 bits per heavy atom. The van der Waals surface area contributed by atoms with Gasteiger partial charge >= 0.3 is 12.1 Å². The first kappa shape index (κ1) is 22.4. The fourth-order valence-corrected chi connectivity index (χ4v) is 5.17. The van der Waals surface area contributed by atoms with Crippen molar-refractivity contribution in [2.24, 2.45) is 0 Å². The third-order valence-electron chi connectivity index (χ3n) is 6.98. The second-order valence-electron chi connectivity index (χ2n) is 9.01. The first-order chi connectivity index (χ1) is 16.6. The fourth-order valence-electron chi connectivity index (χ4n) is 5.17. The van der Waals surface area contributed by atoms with Gasteiger partial charge < -0.3 is 24.0 Å². The van der Waals surface area contributed by atoms with E-state index in [1.807, 2.05) is 36.4 Å². The number of hydrogen-bond acceptors (Lipinski definition) is 5. The van der Waals surface area contributed by atoms with E-state index < -0.39 is 11.9 Å². The number of carbonyl (C=O) groups is 2. The number of rotatable bonds is 5. The molecule has 1 amide bonds. The number of imidazole rings is 1. The lowest BCUT2D eigenvalue weighted by molar-refractivity contribution is -0.139. The highest BCUT2D eigenvalue weighted by molar-refractivity contribution is 5.83. The summed E-state index contributed by atoms with van der Waals surface area (Å²) in [7, 11) is 1.39. The Hall–Kier alpha value is -3.39. The van der Waals surface area contributed by atoms with Gasteiger partial charge in [0.2, 0.25) is 0 Å². The molecule has 8 nitrogen and oxygen atoms in total. The number of ether oxygens (including phenoxy) is 2. The number of methoxy groups -OCH3 is 1. The molecule has 0 spiro atoms. The minimum Gasteiger partial charge on any atom is -0.481 e. The molecule has 0 aliphatic carbocycles. The van der Waals surface area contributed by atoms with Gasteiger partial charge in [-0.1, -0.05) is 36.4 Å². The smallest absolute Gasteiger partial charge is 0.409 e. The molecule has 1 fully saturated rings. The van der Waals surface area contributed by atoms with Gasteiger partial charge in [-0.05, 0) is 36.5 Å². The number of fused-ring (bicyclic) bond motifs is 3. The molecule has 0 bridgehead atoms. The summed E-state index contributed by atoms with van der Waals surface area (Å²) in [6, 6.07) is 13.5. The van der Waals surface area contributed by atoms with Crippen LogP contribution in [-0.2, 0) is 33.8 Å². The summed E-state index contributed by atoms with van der Waals surface area (Å²) in [6.45, 7) is 2.62. The highest BCUT2D eigenvalue weighted by Crippen LogP contribution is 2.34. The molecule has 2 aliphatic rings. The zero-order valence-corrected chi connectivity index (χ0v) is 19.3. The van der Waals surface area contributed by atoms with Crippen molar-refractivity contribution in [2.75, 3.05) is 26.9 Å². The standard InChI is InChI=1S/C26H29N3O5/c1-33-26(32)28-12-11-18-9-10-22-23(20(18)14-28)27-24(19-8-5-13-34-16-19)29(22)15-21(25(30)31)17-6-3-2-4-7-17/h2-4,6-7,9-10,19,21H,5,8,11-16H2,1H3,(H,30,31)/t19-,21-/m0/s1. The van der Waals surface area contributed by atoms with Crippen molar-refractivity contribution < 1.29 is 24.2 Å². The van der Waals surface area contributed by atoms with Gasteiger partial charge in [0.15, 0.2) is 0 Å². The van der Waals surface area contributed by atoms with E-state index in [4.69, 9.17) is 14.5 Å². The second-order valence-corrected chi connectivity index (χ2v) is 9.01. The van der Waals surface area contributed by atoms with E-state index in [0.29, 0.717) is 19.7 Å². The summed E-state index contributed by atoms with van der Waals surface area (Å²) < 4.78 is 12.8. The summed E-state index contributed by atoms with van der Waals surface area (Å²) in [5.41, 5.74) is 4.67. The summed E-state index contributed by atoms with van der Waals surface area (Å²) in [5, 5.41) is 10.1. The molecule has 0 unspecified atom stereocenters. The minimum absolute atomic E-state index is 0.0994. The highest BCUT2D eigenvalue weighted by Gasteiger charge is 2.30. The molecule has 2 aromatic carbocycles. The summed E-state index contributed by atoms with van der Waals surface area (Å²) in [5.74, 6) is -0.610. The zero-order valence-electron chi connectivity index (χ0n) is 19.3. The van der Waals surface area contributed by atoms with Gasteiger partial charge in [0.05, 0.1) is 37.2 Å². The normalized spacial score (nSPS) is 19.0. The number of carboxylic acids is 1. The van der Waals surface area contributed by atoms with Crippen molar-refractivity contribution in [1.29, 1.82) is 0 Å². The maximum absolute atomic E-state index is 12.3. The Morgan fingerprint density at radius 3 is 2.76 bits per heavy atom. The largest absolute Gasteiger partial charge is 0.481 e. The lowest BCUT2D eigenvalue weighted by Gasteiger charge is -2.27. The first-order valence-electron chi connectivity index (χ1n) is 11.8. The van der Waals surface area contributed by atoms with Crippen molar-refractivity contribution in [1.82, 2.24) is 14.5 Å². The molecule has 1 aromatic heterocycles. The minimum atomic E-state index is -0.867. The van der Waals surface area contributed by atoms with Crippen LogP contribution >= 0.6 is 0 Å². The molecule has 8 heteroatoms. The molecular formula is C26H29N3O5. The van der Waals surface area contributed by atoms with Gasteiger partial charge in [0, 0.05) is 31.2 Å². The Kier molecular flexibility index (Phi) is 6.24. The number of benzene rings is 2. The zero-order chi connectivity index (χ0) is 23.7. The van der Waals surface area contributed by atoms with Gasteiger partial charge in [-0.25, -0.2) is 9.78 Å². The lowest BCUT2D eigenvalue weighted by atomic mass is 9.97. The maximum atomic E-state index is 12.3. The Labute approximate surface area is 198 Å². The molecule has 1 N–H and O–H groups in total. The molecule has 34 heavy (non-hydrogen) atoms. The van der Waals surface area contributed by atoms with E-state index in [1.165, 1.54) is 12.7 Å². The van der Waals surface area contributed by atoms with Crippen LogP contribution in [0, 0.1) is 0 Å². The van der Waals surface area contributed by atoms with Crippen LogP contribution in [0.2, 0.25) is 0 Å². The maximum Gasteiger partial charge on any atom is 0.409 e. The number of nitrogens with zero attached hydrogens (tertiary/aromatic N) is 3.